The third-order valence-corrected chi connectivity index (χ3v) is 4.41. The fraction of sp³-hybridized carbons (Fsp3) is 0.727. The molecule has 2 atom stereocenters. The molecule has 0 aromatic rings. The van der Waals surface area contributed by atoms with E-state index in [0.717, 1.165) is 6.42 Å². The summed E-state index contributed by atoms with van der Waals surface area (Å²) in [5.74, 6) is -0.312. The first-order valence-corrected chi connectivity index (χ1v) is 5.00. The first kappa shape index (κ1) is 9.71. The molecule has 1 fully saturated rings. The van der Waals surface area contributed by atoms with Crippen molar-refractivity contribution in [2.75, 3.05) is 6.61 Å². The number of hydrogen-bond acceptors (Lipinski definition) is 2. The van der Waals surface area contributed by atoms with E-state index in [-0.39, 0.29) is 12.0 Å². The predicted octanol–water partition coefficient (Wildman–Crippen LogP) is 1.43. The van der Waals surface area contributed by atoms with Crippen molar-refractivity contribution in [2.45, 2.75) is 26.7 Å². The molecule has 2 bridgehead atoms. The zero-order chi connectivity index (χ0) is 10.6. The van der Waals surface area contributed by atoms with Crippen LogP contribution in [0.1, 0.15) is 26.7 Å². The SMILES string of the molecule is CC1(C)C2CC=C(CO)C1(C(=O)O)C2. The summed E-state index contributed by atoms with van der Waals surface area (Å²) in [5, 5.41) is 18.5. The molecule has 3 rings (SSSR count). The van der Waals surface area contributed by atoms with Crippen molar-refractivity contribution in [3.63, 3.8) is 0 Å². The van der Waals surface area contributed by atoms with Crippen molar-refractivity contribution in [1.82, 2.24) is 0 Å². The maximum atomic E-state index is 11.3. The van der Waals surface area contributed by atoms with Gasteiger partial charge in [0.25, 0.3) is 0 Å². The highest BCUT2D eigenvalue weighted by atomic mass is 16.4. The molecule has 3 nitrogen and oxygen atoms in total. The monoisotopic (exact) mass is 196 g/mol. The Kier molecular flexibility index (Phi) is 1.80. The maximum Gasteiger partial charge on any atom is 0.314 e. The summed E-state index contributed by atoms with van der Waals surface area (Å²) >= 11 is 0. The van der Waals surface area contributed by atoms with Crippen molar-refractivity contribution >= 4 is 5.97 Å². The van der Waals surface area contributed by atoms with Crippen LogP contribution in [-0.2, 0) is 4.79 Å². The van der Waals surface area contributed by atoms with Crippen LogP contribution < -0.4 is 0 Å². The van der Waals surface area contributed by atoms with Crippen LogP contribution in [0.15, 0.2) is 11.6 Å². The van der Waals surface area contributed by atoms with E-state index in [1.165, 1.54) is 0 Å². The third-order valence-electron chi connectivity index (χ3n) is 4.41. The summed E-state index contributed by atoms with van der Waals surface area (Å²) in [5.41, 5.74) is -0.284. The molecule has 1 saturated carbocycles. The molecule has 14 heavy (non-hydrogen) atoms. The summed E-state index contributed by atoms with van der Waals surface area (Å²) in [7, 11) is 0. The number of carbonyl (C=O) groups is 1. The van der Waals surface area contributed by atoms with E-state index in [1.807, 2.05) is 19.9 Å². The zero-order valence-corrected chi connectivity index (χ0v) is 8.58. The van der Waals surface area contributed by atoms with Gasteiger partial charge >= 0.3 is 5.97 Å². The van der Waals surface area contributed by atoms with Gasteiger partial charge in [-0.05, 0) is 29.7 Å². The highest BCUT2D eigenvalue weighted by Crippen LogP contribution is 2.67. The Morgan fingerprint density at radius 1 is 1.64 bits per heavy atom. The van der Waals surface area contributed by atoms with Crippen LogP contribution in [0.4, 0.5) is 0 Å². The van der Waals surface area contributed by atoms with Crippen molar-refractivity contribution in [3.8, 4) is 0 Å². The molecule has 3 aliphatic carbocycles. The first-order valence-electron chi connectivity index (χ1n) is 5.00. The quantitative estimate of drug-likeness (QED) is 0.657. The third kappa shape index (κ3) is 0.793. The molecule has 0 aromatic carbocycles. The van der Waals surface area contributed by atoms with Crippen molar-refractivity contribution in [1.29, 1.82) is 0 Å². The van der Waals surface area contributed by atoms with Gasteiger partial charge in [0.1, 0.15) is 0 Å². The fourth-order valence-corrected chi connectivity index (χ4v) is 3.19. The van der Waals surface area contributed by atoms with E-state index >= 15 is 0 Å². The number of aliphatic hydroxyl groups excluding tert-OH is 1. The number of aliphatic hydroxyl groups is 1. The summed E-state index contributed by atoms with van der Waals surface area (Å²) in [6.45, 7) is 3.87. The highest BCUT2D eigenvalue weighted by molar-refractivity contribution is 5.82. The molecule has 0 aromatic heterocycles. The lowest BCUT2D eigenvalue weighted by Crippen LogP contribution is -2.62. The van der Waals surface area contributed by atoms with Gasteiger partial charge in [0, 0.05) is 0 Å². The summed E-state index contributed by atoms with van der Waals surface area (Å²) in [6, 6.07) is 0. The van der Waals surface area contributed by atoms with Crippen LogP contribution in [0, 0.1) is 16.7 Å². The van der Waals surface area contributed by atoms with Crippen LogP contribution in [0.5, 0.6) is 0 Å². The van der Waals surface area contributed by atoms with E-state index in [9.17, 15) is 15.0 Å². The predicted molar refractivity (Wildman–Crippen MR) is 51.7 cm³/mol. The zero-order valence-electron chi connectivity index (χ0n) is 8.58. The normalized spacial score (nSPS) is 38.5. The lowest BCUT2D eigenvalue weighted by molar-refractivity contribution is -0.180. The van der Waals surface area contributed by atoms with Crippen molar-refractivity contribution in [3.05, 3.63) is 11.6 Å². The molecular weight excluding hydrogens is 180 g/mol. The van der Waals surface area contributed by atoms with Crippen LogP contribution in [0.25, 0.3) is 0 Å². The lowest BCUT2D eigenvalue weighted by Gasteiger charge is -2.62. The Balaban J connectivity index is 2.49. The second-order valence-electron chi connectivity index (χ2n) is 4.96. The van der Waals surface area contributed by atoms with Gasteiger partial charge in [-0.15, -0.1) is 0 Å². The molecule has 0 spiro atoms. The number of allylic oxidation sites excluding steroid dienone is 1. The Labute approximate surface area is 83.4 Å². The van der Waals surface area contributed by atoms with E-state index in [2.05, 4.69) is 0 Å². The van der Waals surface area contributed by atoms with Gasteiger partial charge in [0.05, 0.1) is 12.0 Å². The topological polar surface area (TPSA) is 57.5 Å². The largest absolute Gasteiger partial charge is 0.481 e. The van der Waals surface area contributed by atoms with Gasteiger partial charge < -0.3 is 10.2 Å². The second kappa shape index (κ2) is 2.60. The number of hydrogen-bond donors (Lipinski definition) is 2. The van der Waals surface area contributed by atoms with Gasteiger partial charge in [-0.25, -0.2) is 0 Å². The van der Waals surface area contributed by atoms with E-state index in [1.54, 1.807) is 0 Å². The molecule has 0 amide bonds. The second-order valence-corrected chi connectivity index (χ2v) is 4.96. The van der Waals surface area contributed by atoms with Gasteiger partial charge in [-0.3, -0.25) is 4.79 Å². The molecule has 2 N–H and O–H groups in total. The molecule has 2 unspecified atom stereocenters. The van der Waals surface area contributed by atoms with Crippen LogP contribution in [-0.4, -0.2) is 22.8 Å². The molecule has 0 saturated heterocycles. The van der Waals surface area contributed by atoms with Crippen molar-refractivity contribution < 1.29 is 15.0 Å². The lowest BCUT2D eigenvalue weighted by atomic mass is 9.39. The van der Waals surface area contributed by atoms with Crippen LogP contribution >= 0.6 is 0 Å². The van der Waals surface area contributed by atoms with E-state index in [0.29, 0.717) is 17.9 Å². The molecule has 78 valence electrons. The van der Waals surface area contributed by atoms with Gasteiger partial charge in [-0.1, -0.05) is 19.9 Å². The van der Waals surface area contributed by atoms with Gasteiger partial charge in [0.15, 0.2) is 0 Å². The summed E-state index contributed by atoms with van der Waals surface area (Å²) < 4.78 is 0. The number of carboxylic acid groups (broad SMARTS) is 1. The number of fused-ring (bicyclic) bond motifs is 1. The van der Waals surface area contributed by atoms with Gasteiger partial charge in [0.2, 0.25) is 0 Å². The minimum atomic E-state index is -0.787. The number of carboxylic acids is 1. The minimum Gasteiger partial charge on any atom is -0.481 e. The van der Waals surface area contributed by atoms with Crippen LogP contribution in [0.3, 0.4) is 0 Å². The molecular formula is C11H16O3. The average Bonchev–Trinajstić information content (AvgIpc) is 2.16. The molecule has 0 radical (unpaired) electrons. The molecule has 0 heterocycles. The van der Waals surface area contributed by atoms with Crippen molar-refractivity contribution in [2.24, 2.45) is 16.7 Å². The highest BCUT2D eigenvalue weighted by Gasteiger charge is 2.67. The maximum absolute atomic E-state index is 11.3. The molecule has 0 aliphatic heterocycles. The smallest absolute Gasteiger partial charge is 0.314 e. The Bertz CT molecular complexity index is 316. The molecule has 3 heteroatoms. The standard InChI is InChI=1S/C11H16O3/c1-10(2)7-3-4-8(6-12)11(10,5-7)9(13)14/h4,7,12H,3,5-6H2,1-2H3,(H,13,14). The first-order chi connectivity index (χ1) is 6.46. The van der Waals surface area contributed by atoms with E-state index in [4.69, 9.17) is 0 Å². The number of rotatable bonds is 2. The van der Waals surface area contributed by atoms with Crippen LogP contribution in [0.2, 0.25) is 0 Å². The minimum absolute atomic E-state index is 0.123. The Morgan fingerprint density at radius 2 is 2.29 bits per heavy atom. The average molecular weight is 196 g/mol. The summed E-state index contributed by atoms with van der Waals surface area (Å²) in [6.07, 6.45) is 3.52. The van der Waals surface area contributed by atoms with E-state index < -0.39 is 11.4 Å². The summed E-state index contributed by atoms with van der Waals surface area (Å²) in [4.78, 5) is 11.3. The Hall–Kier alpha value is -0.830. The molecule has 3 aliphatic rings. The number of aliphatic carboxylic acids is 1. The fourth-order valence-electron chi connectivity index (χ4n) is 3.19. The van der Waals surface area contributed by atoms with Gasteiger partial charge in [-0.2, -0.15) is 0 Å². The Morgan fingerprint density at radius 3 is 2.64 bits per heavy atom.